The number of hydrogen-bond acceptors (Lipinski definition) is 16. The first-order valence-corrected chi connectivity index (χ1v) is 28.7. The van der Waals surface area contributed by atoms with Crippen LogP contribution in [0.4, 0.5) is 20.3 Å². The Balaban J connectivity index is 0.753. The first kappa shape index (κ1) is 53.3. The number of hydrogen-bond donors (Lipinski definition) is 4. The minimum absolute atomic E-state index is 0.0244. The molecule has 9 heterocycles. The van der Waals surface area contributed by atoms with Crippen LogP contribution >= 0.6 is 11.3 Å². The number of carbonyl (C=O) groups excluding carboxylic acids is 3. The first-order chi connectivity index (χ1) is 37.6. The van der Waals surface area contributed by atoms with E-state index >= 15 is 4.39 Å². The first-order valence-electron chi connectivity index (χ1n) is 25.8. The second-order valence-electron chi connectivity index (χ2n) is 21.4. The molecule has 0 radical (unpaired) electrons. The molecule has 5 aromatic heterocycles. The number of ether oxygens (including phenoxy) is 1. The molecule has 2 fully saturated rings. The Morgan fingerprint density at radius 1 is 1.08 bits per heavy atom. The van der Waals surface area contributed by atoms with Crippen LogP contribution in [-0.4, -0.2) is 129 Å². The van der Waals surface area contributed by atoms with Crippen LogP contribution in [0.3, 0.4) is 0 Å². The molecule has 4 aliphatic heterocycles. The van der Waals surface area contributed by atoms with Crippen molar-refractivity contribution in [1.29, 1.82) is 0 Å². The number of pyridine rings is 2. The summed E-state index contributed by atoms with van der Waals surface area (Å²) in [7, 11) is -2.15. The van der Waals surface area contributed by atoms with Crippen molar-refractivity contribution in [2.75, 3.05) is 43.9 Å². The van der Waals surface area contributed by atoms with Crippen LogP contribution < -0.4 is 25.8 Å². The number of aliphatic hydroxyl groups is 1. The molecule has 79 heavy (non-hydrogen) atoms. The van der Waals surface area contributed by atoms with E-state index in [9.17, 15) is 37.1 Å². The number of nitrogens with zero attached hydrogens (tertiary/aromatic N) is 8. The minimum Gasteiger partial charge on any atom is -0.474 e. The van der Waals surface area contributed by atoms with E-state index in [4.69, 9.17) is 9.26 Å². The Labute approximate surface area is 456 Å². The number of aliphatic imine (C=N–C) groups is 1. The highest BCUT2D eigenvalue weighted by Crippen LogP contribution is 2.45. The molecule has 0 spiro atoms. The SMILES string of the molecule is Cc1ncsc1-c1ccc(C2(C)NC(C3CC(O)CN3C(=O)C(c3cc(OCCN4CCC(NC(=O)c5cc6c(cc5CS(C)(=O)=O)-c5cn(C)c(=O)c7[nH]cc(c57)CN6c5ncc(F)cc5F)C4)no3)C(C)C)=NC2=O)cc1. The average molecular weight is 1120 g/mol. The van der Waals surface area contributed by atoms with Crippen molar-refractivity contribution in [2.45, 2.75) is 82.5 Å². The molecule has 0 aliphatic carbocycles. The lowest BCUT2D eigenvalue weighted by molar-refractivity contribution is -0.134. The van der Waals surface area contributed by atoms with Gasteiger partial charge in [-0.15, -0.1) is 11.3 Å². The van der Waals surface area contributed by atoms with E-state index in [-0.39, 0.29) is 83.6 Å². The molecule has 412 valence electrons. The fourth-order valence-electron chi connectivity index (χ4n) is 11.4. The predicted molar refractivity (Wildman–Crippen MR) is 291 cm³/mol. The largest absolute Gasteiger partial charge is 0.474 e. The molecule has 2 aromatic carbocycles. The fraction of sp³-hybridized carbons (Fsp3) is 0.382. The fourth-order valence-corrected chi connectivity index (χ4v) is 13.0. The number of likely N-dealkylation sites (tertiary alicyclic amines) is 2. The number of benzene rings is 2. The van der Waals surface area contributed by atoms with Crippen molar-refractivity contribution in [3.05, 3.63) is 128 Å². The number of nitrogens with one attached hydrogen (secondary N) is 3. The highest BCUT2D eigenvalue weighted by atomic mass is 32.2. The van der Waals surface area contributed by atoms with E-state index in [0.717, 1.165) is 28.6 Å². The van der Waals surface area contributed by atoms with Crippen molar-refractivity contribution in [3.63, 3.8) is 0 Å². The zero-order valence-electron chi connectivity index (χ0n) is 44.0. The summed E-state index contributed by atoms with van der Waals surface area (Å²) in [6.45, 7) is 9.05. The van der Waals surface area contributed by atoms with Crippen LogP contribution in [0.15, 0.2) is 86.9 Å². The number of thiazole rings is 1. The third-order valence-corrected chi connectivity index (χ3v) is 17.1. The van der Waals surface area contributed by atoms with Crippen molar-refractivity contribution in [3.8, 4) is 27.4 Å². The monoisotopic (exact) mass is 1120 g/mol. The molecule has 0 saturated carbocycles. The van der Waals surface area contributed by atoms with E-state index in [0.29, 0.717) is 71.3 Å². The number of aryl methyl sites for hydroxylation is 2. The van der Waals surface area contributed by atoms with Crippen molar-refractivity contribution in [1.82, 2.24) is 45.1 Å². The number of carbonyl (C=O) groups is 3. The lowest BCUT2D eigenvalue weighted by Gasteiger charge is -2.31. The summed E-state index contributed by atoms with van der Waals surface area (Å²) in [6.07, 6.45) is 5.05. The van der Waals surface area contributed by atoms with Crippen LogP contribution in [0.25, 0.3) is 32.5 Å². The number of fused-ring (bicyclic) bond motifs is 2. The van der Waals surface area contributed by atoms with Crippen LogP contribution in [0, 0.1) is 24.5 Å². The Kier molecular flexibility index (Phi) is 13.9. The van der Waals surface area contributed by atoms with Gasteiger partial charge >= 0.3 is 0 Å². The van der Waals surface area contributed by atoms with Crippen LogP contribution in [0.2, 0.25) is 0 Å². The Bertz CT molecular complexity index is 3800. The quantitative estimate of drug-likeness (QED) is 0.0940. The van der Waals surface area contributed by atoms with Gasteiger partial charge in [-0.25, -0.2) is 27.2 Å². The van der Waals surface area contributed by atoms with Gasteiger partial charge in [0.15, 0.2) is 27.2 Å². The maximum absolute atomic E-state index is 15.7. The van der Waals surface area contributed by atoms with E-state index in [2.05, 4.69) is 40.6 Å². The smallest absolute Gasteiger partial charge is 0.277 e. The van der Waals surface area contributed by atoms with Crippen molar-refractivity contribution in [2.24, 2.45) is 18.0 Å². The second-order valence-corrected chi connectivity index (χ2v) is 24.3. The average Bonchev–Trinajstić information content (AvgIpc) is 4.32. The minimum atomic E-state index is -3.72. The Morgan fingerprint density at radius 3 is 2.58 bits per heavy atom. The summed E-state index contributed by atoms with van der Waals surface area (Å²) in [4.78, 5) is 77.9. The molecule has 4 N–H and O–H groups in total. The number of amidine groups is 1. The number of amides is 3. The second kappa shape index (κ2) is 20.5. The predicted octanol–water partition coefficient (Wildman–Crippen LogP) is 5.85. The Morgan fingerprint density at radius 2 is 1.86 bits per heavy atom. The third-order valence-electron chi connectivity index (χ3n) is 15.3. The van der Waals surface area contributed by atoms with Gasteiger partial charge < -0.3 is 44.4 Å². The molecule has 24 heteroatoms. The van der Waals surface area contributed by atoms with Gasteiger partial charge in [0.1, 0.15) is 35.2 Å². The van der Waals surface area contributed by atoms with Crippen molar-refractivity contribution >= 4 is 67.1 Å². The van der Waals surface area contributed by atoms with E-state index in [1.54, 1.807) is 48.9 Å². The number of β-amino-alcohol motifs (C(OH)–C–C–N with tert-alkyl or cyclic N) is 1. The summed E-state index contributed by atoms with van der Waals surface area (Å²) < 4.78 is 69.0. The molecule has 3 amide bonds. The van der Waals surface area contributed by atoms with Gasteiger partial charge in [0.2, 0.25) is 5.91 Å². The lowest BCUT2D eigenvalue weighted by Crippen LogP contribution is -2.51. The lowest BCUT2D eigenvalue weighted by atomic mass is 9.90. The maximum Gasteiger partial charge on any atom is 0.277 e. The zero-order valence-corrected chi connectivity index (χ0v) is 45.7. The number of H-pyrrole nitrogens is 1. The third kappa shape index (κ3) is 10.1. The number of aromatic nitrogens is 5. The summed E-state index contributed by atoms with van der Waals surface area (Å²) in [5.41, 5.74) is 5.21. The van der Waals surface area contributed by atoms with E-state index in [1.165, 1.54) is 26.9 Å². The number of sulfone groups is 1. The number of rotatable bonds is 15. The molecule has 7 aromatic rings. The molecule has 5 unspecified atom stereocenters. The van der Waals surface area contributed by atoms with Gasteiger partial charge in [0.25, 0.3) is 23.3 Å². The summed E-state index contributed by atoms with van der Waals surface area (Å²) in [5.74, 6) is -4.26. The molecule has 5 atom stereocenters. The van der Waals surface area contributed by atoms with Crippen LogP contribution in [0.5, 0.6) is 5.88 Å². The van der Waals surface area contributed by atoms with Gasteiger partial charge in [-0.05, 0) is 65.7 Å². The molecular weight excluding hydrogens is 1060 g/mol. The molecule has 11 rings (SSSR count). The Hall–Kier alpha value is -7.67. The highest BCUT2D eigenvalue weighted by Gasteiger charge is 2.49. The molecular formula is C55H57F2N11O9S2. The van der Waals surface area contributed by atoms with Gasteiger partial charge in [0.05, 0.1) is 52.4 Å². The number of halogens is 2. The standard InChI is InChI=1S/C55H57F2N11O9S2/c1-28(2)45(52(71)68-24-36(69)17-42(68)49-62-54(73)55(4,63-49)33-9-7-30(8-10-33)48-29(3)60-27-78-48)43-19-44(64-77-43)76-14-13-66-12-11-35(23-66)61-51(70)37-18-41-38(15-31(37)26-79(6,74)75)39-25-65(5)53(72)47-46(39)32(20-58-47)22-67(41)50-40(57)16-34(56)21-59-50/h7-10,15-16,18-21,25,27-28,35-36,42,45,58,69H,11-14,17,22-24,26H2,1-6H3,(H,61,70)(H,62,63,73). The zero-order chi connectivity index (χ0) is 55.8. The van der Waals surface area contributed by atoms with E-state index < -0.39 is 62.6 Å². The van der Waals surface area contributed by atoms with Gasteiger partial charge in [-0.1, -0.05) is 38.1 Å². The van der Waals surface area contributed by atoms with Gasteiger partial charge in [-0.2, -0.15) is 4.99 Å². The number of aromatic amines is 1. The van der Waals surface area contributed by atoms with E-state index in [1.807, 2.05) is 45.0 Å². The van der Waals surface area contributed by atoms with Crippen LogP contribution in [-0.2, 0) is 44.3 Å². The number of anilines is 2. The highest BCUT2D eigenvalue weighted by molar-refractivity contribution is 7.89. The normalized spacial score (nSPS) is 20.7. The molecule has 0 bridgehead atoms. The summed E-state index contributed by atoms with van der Waals surface area (Å²) in [5, 5.41) is 22.0. The number of aliphatic hydroxyl groups excluding tert-OH is 1. The topological polar surface area (TPSA) is 251 Å². The summed E-state index contributed by atoms with van der Waals surface area (Å²) in [6, 6.07) is 12.0. The van der Waals surface area contributed by atoms with Gasteiger partial charge in [0, 0.05) is 98.5 Å². The van der Waals surface area contributed by atoms with Gasteiger partial charge in [-0.3, -0.25) is 24.1 Å². The maximum atomic E-state index is 15.7. The molecule has 20 nitrogen and oxygen atoms in total. The van der Waals surface area contributed by atoms with Crippen LogP contribution in [0.1, 0.15) is 78.0 Å². The summed E-state index contributed by atoms with van der Waals surface area (Å²) >= 11 is 1.54. The molecule has 2 saturated heterocycles. The molecule has 4 aliphatic rings. The van der Waals surface area contributed by atoms with Crippen molar-refractivity contribution < 1.29 is 45.9 Å².